The second-order valence-electron chi connectivity index (χ2n) is 2.74. The van der Waals surface area contributed by atoms with Crippen molar-refractivity contribution in [1.82, 2.24) is 5.32 Å². The van der Waals surface area contributed by atoms with Gasteiger partial charge in [0.05, 0.1) is 0 Å². The summed E-state index contributed by atoms with van der Waals surface area (Å²) in [4.78, 5) is 10.2. The summed E-state index contributed by atoms with van der Waals surface area (Å²) < 4.78 is 0. The highest BCUT2D eigenvalue weighted by Gasteiger charge is 1.95. The number of nitrogens with one attached hydrogen (secondary N) is 1. The Bertz CT molecular complexity index is 290. The smallest absolute Gasteiger partial charge is 0.144 e. The Hall–Kier alpha value is -1.57. The Kier molecular flexibility index (Phi) is 3.76. The van der Waals surface area contributed by atoms with Crippen LogP contribution in [0.4, 0.5) is 0 Å². The molecule has 2 heteroatoms. The fourth-order valence-corrected chi connectivity index (χ4v) is 1.13. The molecule has 0 spiro atoms. The van der Waals surface area contributed by atoms with Gasteiger partial charge in [-0.3, -0.25) is 4.79 Å². The normalized spacial score (nSPS) is 11.0. The molecule has 0 aromatic heterocycles. The van der Waals surface area contributed by atoms with Gasteiger partial charge in [0.25, 0.3) is 0 Å². The van der Waals surface area contributed by atoms with Gasteiger partial charge < -0.3 is 5.32 Å². The SMILES string of the molecule is CN/C(=C/C=O)Cc1ccccc1. The minimum Gasteiger partial charge on any atom is -0.391 e. The molecule has 0 bridgehead atoms. The maximum absolute atomic E-state index is 10.2. The zero-order valence-electron chi connectivity index (χ0n) is 7.66. The number of rotatable bonds is 4. The maximum atomic E-state index is 10.2. The van der Waals surface area contributed by atoms with E-state index >= 15 is 0 Å². The van der Waals surface area contributed by atoms with Crippen LogP contribution >= 0.6 is 0 Å². The number of benzene rings is 1. The molecule has 0 aliphatic heterocycles. The lowest BCUT2D eigenvalue weighted by Gasteiger charge is -2.04. The second kappa shape index (κ2) is 5.14. The molecule has 0 saturated heterocycles. The Labute approximate surface area is 78.3 Å². The monoisotopic (exact) mass is 175 g/mol. The van der Waals surface area contributed by atoms with Gasteiger partial charge in [0.1, 0.15) is 6.29 Å². The van der Waals surface area contributed by atoms with Crippen molar-refractivity contribution < 1.29 is 4.79 Å². The van der Waals surface area contributed by atoms with E-state index < -0.39 is 0 Å². The van der Waals surface area contributed by atoms with Crippen LogP contribution in [0.1, 0.15) is 5.56 Å². The Morgan fingerprint density at radius 2 is 2.08 bits per heavy atom. The minimum absolute atomic E-state index is 0.774. The van der Waals surface area contributed by atoms with E-state index in [-0.39, 0.29) is 0 Å². The van der Waals surface area contributed by atoms with Crippen LogP contribution in [0.3, 0.4) is 0 Å². The zero-order valence-corrected chi connectivity index (χ0v) is 7.66. The molecule has 0 aliphatic carbocycles. The molecule has 0 atom stereocenters. The van der Waals surface area contributed by atoms with Crippen LogP contribution in [-0.2, 0) is 11.2 Å². The molecule has 68 valence electrons. The van der Waals surface area contributed by atoms with E-state index in [1.807, 2.05) is 37.4 Å². The van der Waals surface area contributed by atoms with Crippen LogP contribution in [-0.4, -0.2) is 13.3 Å². The van der Waals surface area contributed by atoms with Gasteiger partial charge in [0, 0.05) is 19.2 Å². The molecular weight excluding hydrogens is 162 g/mol. The van der Waals surface area contributed by atoms with Crippen LogP contribution < -0.4 is 5.32 Å². The van der Waals surface area contributed by atoms with Gasteiger partial charge in [-0.2, -0.15) is 0 Å². The number of hydrogen-bond acceptors (Lipinski definition) is 2. The summed E-state index contributed by atoms with van der Waals surface area (Å²) in [6, 6.07) is 10.0. The number of allylic oxidation sites excluding steroid dienone is 2. The molecule has 13 heavy (non-hydrogen) atoms. The zero-order chi connectivity index (χ0) is 9.52. The first-order chi connectivity index (χ1) is 6.36. The van der Waals surface area contributed by atoms with Crippen molar-refractivity contribution in [2.24, 2.45) is 0 Å². The molecule has 1 aromatic carbocycles. The number of carbonyl (C=O) groups is 1. The fraction of sp³-hybridized carbons (Fsp3) is 0.182. The average Bonchev–Trinajstić information content (AvgIpc) is 2.19. The summed E-state index contributed by atoms with van der Waals surface area (Å²) >= 11 is 0. The molecule has 1 N–H and O–H groups in total. The van der Waals surface area contributed by atoms with Gasteiger partial charge in [0.2, 0.25) is 0 Å². The molecule has 0 saturated carbocycles. The summed E-state index contributed by atoms with van der Waals surface area (Å²) in [5.41, 5.74) is 2.13. The highest BCUT2D eigenvalue weighted by Crippen LogP contribution is 2.04. The highest BCUT2D eigenvalue weighted by atomic mass is 16.1. The Morgan fingerprint density at radius 3 is 2.62 bits per heavy atom. The summed E-state index contributed by atoms with van der Waals surface area (Å²) in [5, 5.41) is 2.98. The van der Waals surface area contributed by atoms with Crippen LogP contribution in [0.5, 0.6) is 0 Å². The topological polar surface area (TPSA) is 29.1 Å². The quantitative estimate of drug-likeness (QED) is 0.555. The first-order valence-corrected chi connectivity index (χ1v) is 4.23. The summed E-state index contributed by atoms with van der Waals surface area (Å²) in [6.45, 7) is 0. The van der Waals surface area contributed by atoms with E-state index in [1.165, 1.54) is 5.56 Å². The van der Waals surface area contributed by atoms with E-state index in [9.17, 15) is 4.79 Å². The second-order valence-corrected chi connectivity index (χ2v) is 2.74. The van der Waals surface area contributed by atoms with E-state index in [0.29, 0.717) is 0 Å². The minimum atomic E-state index is 0.774. The predicted octanol–water partition coefficient (Wildman–Crippen LogP) is 1.53. The fourth-order valence-electron chi connectivity index (χ4n) is 1.13. The first kappa shape index (κ1) is 9.52. The number of aldehydes is 1. The van der Waals surface area contributed by atoms with Crippen molar-refractivity contribution in [2.45, 2.75) is 6.42 Å². The van der Waals surface area contributed by atoms with Crippen molar-refractivity contribution in [3.63, 3.8) is 0 Å². The van der Waals surface area contributed by atoms with Gasteiger partial charge in [-0.05, 0) is 11.6 Å². The maximum Gasteiger partial charge on any atom is 0.144 e. The largest absolute Gasteiger partial charge is 0.391 e. The molecule has 1 rings (SSSR count). The van der Waals surface area contributed by atoms with Crippen molar-refractivity contribution in [2.75, 3.05) is 7.05 Å². The van der Waals surface area contributed by atoms with Crippen molar-refractivity contribution in [3.05, 3.63) is 47.7 Å². The van der Waals surface area contributed by atoms with Crippen molar-refractivity contribution in [1.29, 1.82) is 0 Å². The first-order valence-electron chi connectivity index (χ1n) is 4.23. The molecule has 0 radical (unpaired) electrons. The van der Waals surface area contributed by atoms with Crippen molar-refractivity contribution in [3.8, 4) is 0 Å². The van der Waals surface area contributed by atoms with Gasteiger partial charge in [-0.25, -0.2) is 0 Å². The number of carbonyl (C=O) groups excluding carboxylic acids is 1. The van der Waals surface area contributed by atoms with E-state index in [0.717, 1.165) is 18.4 Å². The van der Waals surface area contributed by atoms with Gasteiger partial charge >= 0.3 is 0 Å². The molecule has 0 heterocycles. The van der Waals surface area contributed by atoms with Crippen LogP contribution in [0.2, 0.25) is 0 Å². The van der Waals surface area contributed by atoms with E-state index in [2.05, 4.69) is 5.32 Å². The lowest BCUT2D eigenvalue weighted by Crippen LogP contribution is -2.08. The van der Waals surface area contributed by atoms with Crippen LogP contribution in [0, 0.1) is 0 Å². The number of hydrogen-bond donors (Lipinski definition) is 1. The molecule has 0 fully saturated rings. The standard InChI is InChI=1S/C11H13NO/c1-12-11(7-8-13)9-10-5-3-2-4-6-10/h2-8,12H,9H2,1H3/b11-7+. The Balaban J connectivity index is 2.67. The van der Waals surface area contributed by atoms with Crippen LogP contribution in [0.15, 0.2) is 42.1 Å². The third-order valence-electron chi connectivity index (χ3n) is 1.83. The highest BCUT2D eigenvalue weighted by molar-refractivity contribution is 5.66. The summed E-state index contributed by atoms with van der Waals surface area (Å²) in [5.74, 6) is 0. The third-order valence-corrected chi connectivity index (χ3v) is 1.83. The van der Waals surface area contributed by atoms with E-state index in [4.69, 9.17) is 0 Å². The molecule has 2 nitrogen and oxygen atoms in total. The molecule has 1 aromatic rings. The summed E-state index contributed by atoms with van der Waals surface area (Å²) in [7, 11) is 1.82. The molecular formula is C11H13NO. The third kappa shape index (κ3) is 3.11. The van der Waals surface area contributed by atoms with Crippen LogP contribution in [0.25, 0.3) is 0 Å². The van der Waals surface area contributed by atoms with E-state index in [1.54, 1.807) is 6.08 Å². The Morgan fingerprint density at radius 1 is 1.38 bits per heavy atom. The molecule has 0 aliphatic rings. The predicted molar refractivity (Wildman–Crippen MR) is 53.4 cm³/mol. The van der Waals surface area contributed by atoms with Gasteiger partial charge in [0.15, 0.2) is 0 Å². The van der Waals surface area contributed by atoms with Gasteiger partial charge in [-0.15, -0.1) is 0 Å². The summed E-state index contributed by atoms with van der Waals surface area (Å²) in [6.07, 6.45) is 3.12. The van der Waals surface area contributed by atoms with Gasteiger partial charge in [-0.1, -0.05) is 30.3 Å². The average molecular weight is 175 g/mol. The lowest BCUT2D eigenvalue weighted by molar-refractivity contribution is -0.104. The molecule has 0 unspecified atom stereocenters. The lowest BCUT2D eigenvalue weighted by atomic mass is 10.1. The number of likely N-dealkylation sites (N-methyl/N-ethyl adjacent to an activating group) is 1. The molecule has 0 amide bonds. The van der Waals surface area contributed by atoms with Crippen molar-refractivity contribution >= 4 is 6.29 Å².